The van der Waals surface area contributed by atoms with Crippen molar-refractivity contribution in [2.75, 3.05) is 13.2 Å². The summed E-state index contributed by atoms with van der Waals surface area (Å²) in [6.45, 7) is 18.3. The highest BCUT2D eigenvalue weighted by Crippen LogP contribution is 2.27. The van der Waals surface area contributed by atoms with Crippen LogP contribution in [0.4, 0.5) is 0 Å². The van der Waals surface area contributed by atoms with Crippen LogP contribution in [-0.2, 0) is 14.3 Å². The van der Waals surface area contributed by atoms with E-state index in [0.29, 0.717) is 13.2 Å². The summed E-state index contributed by atoms with van der Waals surface area (Å²) in [5.41, 5.74) is 3.78. The van der Waals surface area contributed by atoms with Crippen molar-refractivity contribution in [3.8, 4) is 0 Å². The lowest BCUT2D eigenvalue weighted by molar-refractivity contribution is -0.156. The highest BCUT2D eigenvalue weighted by atomic mass is 16.5. The van der Waals surface area contributed by atoms with Crippen molar-refractivity contribution in [3.63, 3.8) is 0 Å². The van der Waals surface area contributed by atoms with Gasteiger partial charge in [-0.15, -0.1) is 0 Å². The normalized spacial score (nSPS) is 14.4. The number of ketones is 1. The molecule has 0 saturated carbocycles. The molecule has 0 bridgehead atoms. The van der Waals surface area contributed by atoms with E-state index >= 15 is 0 Å². The van der Waals surface area contributed by atoms with Crippen molar-refractivity contribution in [1.82, 2.24) is 0 Å². The first-order valence-electron chi connectivity index (χ1n) is 7.72. The topological polar surface area (TPSA) is 61.5 Å². The second kappa shape index (κ2) is 6.76. The van der Waals surface area contributed by atoms with Crippen LogP contribution in [0.1, 0.15) is 68.7 Å². The molecule has 0 radical (unpaired) electrons. The molecule has 4 heteroatoms. The molecule has 0 aromatic carbocycles. The van der Waals surface area contributed by atoms with Crippen molar-refractivity contribution in [2.24, 2.45) is 11.1 Å². The number of carbonyl (C=O) groups excluding carboxylic acids is 1. The van der Waals surface area contributed by atoms with Crippen molar-refractivity contribution in [3.05, 3.63) is 0 Å². The Kier molecular flexibility index (Phi) is 6.61. The van der Waals surface area contributed by atoms with Crippen LogP contribution in [0.15, 0.2) is 0 Å². The van der Waals surface area contributed by atoms with Crippen LogP contribution in [0.2, 0.25) is 0 Å². The maximum atomic E-state index is 12.5. The molecule has 2 N–H and O–H groups in total. The standard InChI is InChI=1S/C17H35NO3/c1-14(2,3)21-16(6,7)10-11-20-17(8,9)13(19)15(4,5)12-18/h10-12,18H2,1-9H3. The van der Waals surface area contributed by atoms with E-state index in [1.807, 2.05) is 62.3 Å². The van der Waals surface area contributed by atoms with Gasteiger partial charge >= 0.3 is 0 Å². The first-order valence-corrected chi connectivity index (χ1v) is 7.72. The van der Waals surface area contributed by atoms with Gasteiger partial charge in [0.15, 0.2) is 5.78 Å². The molecule has 4 nitrogen and oxygen atoms in total. The number of Topliss-reactive ketones (excluding diaryl/α,β-unsaturated/α-hetero) is 1. The predicted molar refractivity (Wildman–Crippen MR) is 87.4 cm³/mol. The minimum absolute atomic E-state index is 0.0343. The second-order valence-corrected chi connectivity index (χ2v) is 8.50. The lowest BCUT2D eigenvalue weighted by atomic mass is 9.80. The highest BCUT2D eigenvalue weighted by Gasteiger charge is 2.39. The van der Waals surface area contributed by atoms with Crippen LogP contribution in [0, 0.1) is 5.41 Å². The molecule has 0 aromatic heterocycles. The average Bonchev–Trinajstić information content (AvgIpc) is 2.23. The number of hydrogen-bond donors (Lipinski definition) is 1. The molecule has 126 valence electrons. The third-order valence-corrected chi connectivity index (χ3v) is 3.42. The smallest absolute Gasteiger partial charge is 0.170 e. The Bertz CT molecular complexity index is 352. The van der Waals surface area contributed by atoms with E-state index in [-0.39, 0.29) is 17.0 Å². The number of hydrogen-bond acceptors (Lipinski definition) is 4. The Labute approximate surface area is 130 Å². The Hall–Kier alpha value is -0.450. The largest absolute Gasteiger partial charge is 0.370 e. The van der Waals surface area contributed by atoms with E-state index < -0.39 is 11.0 Å². The summed E-state index contributed by atoms with van der Waals surface area (Å²) in [6, 6.07) is 0. The van der Waals surface area contributed by atoms with Crippen molar-refractivity contribution in [2.45, 2.75) is 85.5 Å². The lowest BCUT2D eigenvalue weighted by Gasteiger charge is -2.36. The van der Waals surface area contributed by atoms with E-state index in [4.69, 9.17) is 15.2 Å². The molecule has 0 amide bonds. The van der Waals surface area contributed by atoms with Gasteiger partial charge in [0.05, 0.1) is 17.8 Å². The van der Waals surface area contributed by atoms with Gasteiger partial charge in [-0.2, -0.15) is 0 Å². The third kappa shape index (κ3) is 7.39. The van der Waals surface area contributed by atoms with Crippen molar-refractivity contribution < 1.29 is 14.3 Å². The molecular weight excluding hydrogens is 266 g/mol. The lowest BCUT2D eigenvalue weighted by Crippen LogP contribution is -2.47. The predicted octanol–water partition coefficient (Wildman–Crippen LogP) is 3.32. The molecule has 0 heterocycles. The third-order valence-electron chi connectivity index (χ3n) is 3.42. The molecule has 0 unspecified atom stereocenters. The summed E-state index contributed by atoms with van der Waals surface area (Å²) in [5.74, 6) is 0.0343. The fourth-order valence-electron chi connectivity index (χ4n) is 2.41. The maximum absolute atomic E-state index is 12.5. The van der Waals surface area contributed by atoms with Crippen LogP contribution in [0.3, 0.4) is 0 Å². The summed E-state index contributed by atoms with van der Waals surface area (Å²) >= 11 is 0. The molecular formula is C17H35NO3. The zero-order chi connectivity index (χ0) is 17.1. The summed E-state index contributed by atoms with van der Waals surface area (Å²) in [7, 11) is 0. The van der Waals surface area contributed by atoms with E-state index in [2.05, 4.69) is 0 Å². The summed E-state index contributed by atoms with van der Waals surface area (Å²) in [6.07, 6.45) is 0.726. The SMILES string of the molecule is CC(C)(C)OC(C)(C)CCOC(C)(C)C(=O)C(C)(C)CN. The van der Waals surface area contributed by atoms with Gasteiger partial charge in [0, 0.05) is 12.0 Å². The molecule has 0 aromatic rings. The van der Waals surface area contributed by atoms with Gasteiger partial charge in [0.1, 0.15) is 5.60 Å². The fourth-order valence-corrected chi connectivity index (χ4v) is 2.41. The Morgan fingerprint density at radius 3 is 1.81 bits per heavy atom. The Balaban J connectivity index is 4.55. The summed E-state index contributed by atoms with van der Waals surface area (Å²) in [5, 5.41) is 0. The monoisotopic (exact) mass is 301 g/mol. The molecule has 0 aliphatic rings. The summed E-state index contributed by atoms with van der Waals surface area (Å²) < 4.78 is 11.8. The van der Waals surface area contributed by atoms with Gasteiger partial charge in [-0.3, -0.25) is 4.79 Å². The first-order chi connectivity index (χ1) is 9.13. The number of rotatable bonds is 8. The molecule has 21 heavy (non-hydrogen) atoms. The Morgan fingerprint density at radius 2 is 1.43 bits per heavy atom. The highest BCUT2D eigenvalue weighted by molar-refractivity contribution is 5.91. The van der Waals surface area contributed by atoms with Crippen LogP contribution in [0.5, 0.6) is 0 Å². The zero-order valence-electron chi connectivity index (χ0n) is 15.4. The molecule has 0 aliphatic carbocycles. The van der Waals surface area contributed by atoms with Crippen LogP contribution < -0.4 is 5.73 Å². The van der Waals surface area contributed by atoms with Gasteiger partial charge in [-0.05, 0) is 54.9 Å². The second-order valence-electron chi connectivity index (χ2n) is 8.50. The van der Waals surface area contributed by atoms with Crippen molar-refractivity contribution >= 4 is 5.78 Å². The number of ether oxygens (including phenoxy) is 2. The Morgan fingerprint density at radius 1 is 0.952 bits per heavy atom. The molecule has 0 atom stereocenters. The molecule has 0 aliphatic heterocycles. The van der Waals surface area contributed by atoms with Crippen LogP contribution >= 0.6 is 0 Å². The minimum Gasteiger partial charge on any atom is -0.370 e. The maximum Gasteiger partial charge on any atom is 0.170 e. The number of nitrogens with two attached hydrogens (primary N) is 1. The van der Waals surface area contributed by atoms with E-state index in [1.54, 1.807) is 0 Å². The van der Waals surface area contributed by atoms with E-state index in [1.165, 1.54) is 0 Å². The van der Waals surface area contributed by atoms with Gasteiger partial charge in [0.25, 0.3) is 0 Å². The fraction of sp³-hybridized carbons (Fsp3) is 0.941. The molecule has 0 spiro atoms. The van der Waals surface area contributed by atoms with Gasteiger partial charge < -0.3 is 15.2 Å². The summed E-state index contributed by atoms with van der Waals surface area (Å²) in [4.78, 5) is 12.5. The molecule has 0 saturated heterocycles. The van der Waals surface area contributed by atoms with Gasteiger partial charge in [-0.1, -0.05) is 13.8 Å². The quantitative estimate of drug-likeness (QED) is 0.747. The minimum atomic E-state index is -0.833. The van der Waals surface area contributed by atoms with E-state index in [0.717, 1.165) is 6.42 Å². The zero-order valence-corrected chi connectivity index (χ0v) is 15.4. The van der Waals surface area contributed by atoms with Crippen LogP contribution in [0.25, 0.3) is 0 Å². The molecule has 0 rings (SSSR count). The van der Waals surface area contributed by atoms with Crippen LogP contribution in [-0.4, -0.2) is 35.7 Å². The molecule has 0 fully saturated rings. The average molecular weight is 301 g/mol. The van der Waals surface area contributed by atoms with Gasteiger partial charge in [0.2, 0.25) is 0 Å². The van der Waals surface area contributed by atoms with Gasteiger partial charge in [-0.25, -0.2) is 0 Å². The van der Waals surface area contributed by atoms with E-state index in [9.17, 15) is 4.79 Å². The number of carbonyl (C=O) groups is 1. The van der Waals surface area contributed by atoms with Crippen molar-refractivity contribution in [1.29, 1.82) is 0 Å². The first kappa shape index (κ1) is 20.6.